The van der Waals surface area contributed by atoms with Gasteiger partial charge in [-0.2, -0.15) is 0 Å². The highest BCUT2D eigenvalue weighted by Gasteiger charge is 2.23. The number of pyridine rings is 1. The molecule has 0 spiro atoms. The molecule has 1 unspecified atom stereocenters. The van der Waals surface area contributed by atoms with Crippen molar-refractivity contribution >= 4 is 0 Å². The van der Waals surface area contributed by atoms with Gasteiger partial charge in [-0.3, -0.25) is 4.98 Å². The van der Waals surface area contributed by atoms with Gasteiger partial charge < -0.3 is 4.74 Å². The second-order valence-corrected chi connectivity index (χ2v) is 3.82. The van der Waals surface area contributed by atoms with Gasteiger partial charge in [-0.25, -0.2) is 0 Å². The lowest BCUT2D eigenvalue weighted by atomic mass is 10.1. The van der Waals surface area contributed by atoms with Crippen LogP contribution in [0.25, 0.3) is 0 Å². The average Bonchev–Trinajstić information content (AvgIpc) is 3.04. The van der Waals surface area contributed by atoms with Crippen molar-refractivity contribution in [3.8, 4) is 0 Å². The highest BCUT2D eigenvalue weighted by Crippen LogP contribution is 2.35. The molecule has 0 bridgehead atoms. The van der Waals surface area contributed by atoms with Gasteiger partial charge in [0.1, 0.15) is 0 Å². The summed E-state index contributed by atoms with van der Waals surface area (Å²) in [6.45, 7) is 0. The fraction of sp³-hybridized carbons (Fsp3) is 0.500. The Bertz CT molecular complexity index is 269. The van der Waals surface area contributed by atoms with E-state index in [1.54, 1.807) is 13.3 Å². The number of aromatic nitrogens is 1. The maximum absolute atomic E-state index is 5.44. The first-order valence-corrected chi connectivity index (χ1v) is 5.16. The molecule has 0 N–H and O–H groups in total. The van der Waals surface area contributed by atoms with E-state index in [0.717, 1.165) is 12.3 Å². The van der Waals surface area contributed by atoms with Crippen molar-refractivity contribution in [1.29, 1.82) is 0 Å². The van der Waals surface area contributed by atoms with Gasteiger partial charge in [-0.15, -0.1) is 0 Å². The molecule has 2 heteroatoms. The van der Waals surface area contributed by atoms with Crippen LogP contribution in [0.5, 0.6) is 0 Å². The summed E-state index contributed by atoms with van der Waals surface area (Å²) in [5, 5.41) is 0. The number of nitrogens with zero attached hydrogens (tertiary/aromatic N) is 1. The van der Waals surface area contributed by atoms with Crippen LogP contribution in [-0.4, -0.2) is 12.1 Å². The zero-order valence-electron chi connectivity index (χ0n) is 8.52. The van der Waals surface area contributed by atoms with Crippen LogP contribution < -0.4 is 0 Å². The number of hydrogen-bond acceptors (Lipinski definition) is 2. The molecule has 1 aromatic heterocycles. The second kappa shape index (κ2) is 4.56. The molecule has 1 heterocycles. The molecule has 0 aliphatic heterocycles. The van der Waals surface area contributed by atoms with E-state index in [4.69, 9.17) is 4.74 Å². The zero-order valence-corrected chi connectivity index (χ0v) is 8.52. The Morgan fingerprint density at radius 2 is 2.50 bits per heavy atom. The van der Waals surface area contributed by atoms with Crippen molar-refractivity contribution in [3.63, 3.8) is 0 Å². The molecule has 1 atom stereocenters. The monoisotopic (exact) mass is 190 g/mol. The fourth-order valence-corrected chi connectivity index (χ4v) is 1.58. The summed E-state index contributed by atoms with van der Waals surface area (Å²) in [4.78, 5) is 4.10. The second-order valence-electron chi connectivity index (χ2n) is 3.82. The van der Waals surface area contributed by atoms with Gasteiger partial charge >= 0.3 is 0 Å². The number of hydrogen-bond donors (Lipinski definition) is 0. The predicted octanol–water partition coefficient (Wildman–Crippen LogP) is 2.77. The molecule has 1 aromatic rings. The van der Waals surface area contributed by atoms with Crippen molar-refractivity contribution in [1.82, 2.24) is 4.98 Å². The van der Waals surface area contributed by atoms with Crippen molar-refractivity contribution in [2.24, 2.45) is 5.92 Å². The first-order valence-electron chi connectivity index (χ1n) is 5.16. The van der Waals surface area contributed by atoms with E-state index in [1.165, 1.54) is 18.4 Å². The molecule has 2 rings (SSSR count). The largest absolute Gasteiger partial charge is 0.377 e. The summed E-state index contributed by atoms with van der Waals surface area (Å²) < 4.78 is 5.44. The summed E-state index contributed by atoms with van der Waals surface area (Å²) in [5.74, 6) is 0.851. The molecule has 1 aliphatic carbocycles. The van der Waals surface area contributed by atoms with Crippen molar-refractivity contribution < 1.29 is 4.74 Å². The van der Waals surface area contributed by atoms with Crippen LogP contribution in [-0.2, 0) is 4.74 Å². The summed E-state index contributed by atoms with van der Waals surface area (Å²) in [6, 6.07) is 4.03. The predicted molar refractivity (Wildman–Crippen MR) is 55.6 cm³/mol. The fourth-order valence-electron chi connectivity index (χ4n) is 1.58. The smallest absolute Gasteiger partial charge is 0.0838 e. The van der Waals surface area contributed by atoms with E-state index in [-0.39, 0.29) is 6.10 Å². The van der Waals surface area contributed by atoms with Gasteiger partial charge in [0, 0.05) is 19.5 Å². The quantitative estimate of drug-likeness (QED) is 0.712. The molecule has 1 radical (unpaired) electrons. The van der Waals surface area contributed by atoms with Crippen LogP contribution in [0, 0.1) is 12.3 Å². The molecule has 0 aromatic carbocycles. The van der Waals surface area contributed by atoms with E-state index in [9.17, 15) is 0 Å². The van der Waals surface area contributed by atoms with Crippen molar-refractivity contribution in [2.45, 2.75) is 25.4 Å². The van der Waals surface area contributed by atoms with Crippen LogP contribution >= 0.6 is 0 Å². The third-order valence-corrected chi connectivity index (χ3v) is 2.65. The Hall–Kier alpha value is -0.890. The van der Waals surface area contributed by atoms with Crippen LogP contribution in [0.4, 0.5) is 0 Å². The highest BCUT2D eigenvalue weighted by atomic mass is 16.5. The molecule has 75 valence electrons. The molecule has 2 nitrogen and oxygen atoms in total. The topological polar surface area (TPSA) is 22.1 Å². The SMILES string of the molecule is COC(C[CH]C1CC1)c1cccnc1. The molecule has 1 fully saturated rings. The minimum absolute atomic E-state index is 0.185. The molecular formula is C12H16NO. The van der Waals surface area contributed by atoms with E-state index in [0.29, 0.717) is 0 Å². The maximum Gasteiger partial charge on any atom is 0.0838 e. The number of methoxy groups -OCH3 is 1. The van der Waals surface area contributed by atoms with Gasteiger partial charge in [0.15, 0.2) is 0 Å². The number of rotatable bonds is 5. The van der Waals surface area contributed by atoms with E-state index < -0.39 is 0 Å². The lowest BCUT2D eigenvalue weighted by Gasteiger charge is -2.14. The minimum atomic E-state index is 0.185. The molecule has 14 heavy (non-hydrogen) atoms. The van der Waals surface area contributed by atoms with E-state index >= 15 is 0 Å². The Kier molecular flexibility index (Phi) is 3.14. The standard InChI is InChI=1S/C12H16NO/c1-14-12(7-6-10-4-5-10)11-3-2-8-13-9-11/h2-3,6,8-10,12H,4-5,7H2,1H3. The lowest BCUT2D eigenvalue weighted by Crippen LogP contribution is -2.02. The summed E-state index contributed by atoms with van der Waals surface area (Å²) in [5.41, 5.74) is 1.17. The van der Waals surface area contributed by atoms with Crippen LogP contribution in [0.3, 0.4) is 0 Å². The Morgan fingerprint density at radius 3 is 3.07 bits per heavy atom. The molecule has 1 saturated carbocycles. The third kappa shape index (κ3) is 2.55. The number of ether oxygens (including phenoxy) is 1. The van der Waals surface area contributed by atoms with Crippen LogP contribution in [0.15, 0.2) is 24.5 Å². The van der Waals surface area contributed by atoms with Crippen molar-refractivity contribution in [3.05, 3.63) is 36.5 Å². The normalized spacial score (nSPS) is 18.1. The van der Waals surface area contributed by atoms with Gasteiger partial charge in [-0.1, -0.05) is 6.07 Å². The molecule has 1 aliphatic rings. The zero-order chi connectivity index (χ0) is 9.80. The van der Waals surface area contributed by atoms with Gasteiger partial charge in [0.25, 0.3) is 0 Å². The lowest BCUT2D eigenvalue weighted by molar-refractivity contribution is 0.101. The van der Waals surface area contributed by atoms with Gasteiger partial charge in [0.05, 0.1) is 6.10 Å². The summed E-state index contributed by atoms with van der Waals surface area (Å²) in [6.07, 6.45) is 9.97. The van der Waals surface area contributed by atoms with Crippen LogP contribution in [0.1, 0.15) is 30.9 Å². The Labute approximate surface area is 85.3 Å². The Balaban J connectivity index is 1.90. The summed E-state index contributed by atoms with van der Waals surface area (Å²) in [7, 11) is 1.76. The highest BCUT2D eigenvalue weighted by molar-refractivity contribution is 5.13. The van der Waals surface area contributed by atoms with Crippen molar-refractivity contribution in [2.75, 3.05) is 7.11 Å². The van der Waals surface area contributed by atoms with E-state index in [1.807, 2.05) is 12.3 Å². The molecule has 0 amide bonds. The molecular weight excluding hydrogens is 174 g/mol. The first-order chi connectivity index (χ1) is 6.90. The van der Waals surface area contributed by atoms with Crippen LogP contribution in [0.2, 0.25) is 0 Å². The van der Waals surface area contributed by atoms with Gasteiger partial charge in [0.2, 0.25) is 0 Å². The minimum Gasteiger partial charge on any atom is -0.377 e. The Morgan fingerprint density at radius 1 is 1.64 bits per heavy atom. The third-order valence-electron chi connectivity index (χ3n) is 2.65. The maximum atomic E-state index is 5.44. The average molecular weight is 190 g/mol. The molecule has 0 saturated heterocycles. The van der Waals surface area contributed by atoms with E-state index in [2.05, 4.69) is 17.5 Å². The first kappa shape index (κ1) is 9.66. The summed E-state index contributed by atoms with van der Waals surface area (Å²) >= 11 is 0. The van der Waals surface area contributed by atoms with Gasteiger partial charge in [-0.05, 0) is 43.2 Å².